The maximum absolute atomic E-state index is 13.6. The number of allylic oxidation sites excluding steroid dienone is 4. The molecule has 2 aliphatic heterocycles. The SMILES string of the molecule is CC=CC=CC(C)c1cc2c(nc1-c1ccc(C3(N4C(=O)c5ccccc5C4=O)CC(C)C3)cc1)-n1nc(C)cc1NC2. The highest BCUT2D eigenvalue weighted by atomic mass is 16.2. The fourth-order valence-electron chi connectivity index (χ4n) is 7.03. The van der Waals surface area contributed by atoms with Crippen molar-refractivity contribution in [1.82, 2.24) is 19.7 Å². The first-order valence-electron chi connectivity index (χ1n) is 15.0. The van der Waals surface area contributed by atoms with Gasteiger partial charge in [0.2, 0.25) is 0 Å². The van der Waals surface area contributed by atoms with E-state index in [0.717, 1.165) is 58.1 Å². The molecular weight excluding hydrogens is 534 g/mol. The van der Waals surface area contributed by atoms with E-state index >= 15 is 0 Å². The minimum Gasteiger partial charge on any atom is -0.366 e. The molecule has 7 nitrogen and oxygen atoms in total. The number of carbonyl (C=O) groups is 2. The zero-order chi connectivity index (χ0) is 29.9. The standard InChI is InChI=1S/C36H35N5O2/c1-5-6-7-10-23(3)30-18-26-21-37-31-17-24(4)39-41(31)33(26)38-32(30)25-13-15-27(16-14-25)36(19-22(2)20-36)40-34(42)28-11-8-9-12-29(28)35(40)43/h5-18,22-23,37H,19-21H2,1-4H3. The lowest BCUT2D eigenvalue weighted by Crippen LogP contribution is -2.56. The average molecular weight is 570 g/mol. The monoisotopic (exact) mass is 569 g/mol. The molecule has 1 saturated carbocycles. The van der Waals surface area contributed by atoms with Crippen LogP contribution in [0.2, 0.25) is 0 Å². The van der Waals surface area contributed by atoms with E-state index < -0.39 is 5.54 Å². The van der Waals surface area contributed by atoms with Crippen LogP contribution in [0.4, 0.5) is 5.82 Å². The zero-order valence-corrected chi connectivity index (χ0v) is 25.0. The van der Waals surface area contributed by atoms with Crippen molar-refractivity contribution in [3.8, 4) is 17.1 Å². The highest BCUT2D eigenvalue weighted by Crippen LogP contribution is 2.52. The first-order chi connectivity index (χ1) is 20.8. The molecule has 0 saturated heterocycles. The minimum absolute atomic E-state index is 0.126. The number of nitrogens with one attached hydrogen (secondary N) is 1. The Balaban J connectivity index is 1.31. The van der Waals surface area contributed by atoms with Crippen molar-refractivity contribution in [3.05, 3.63) is 118 Å². The lowest BCUT2D eigenvalue weighted by Gasteiger charge is -2.51. The van der Waals surface area contributed by atoms with Crippen LogP contribution >= 0.6 is 0 Å². The molecule has 0 radical (unpaired) electrons. The van der Waals surface area contributed by atoms with Crippen molar-refractivity contribution in [2.75, 3.05) is 5.32 Å². The number of benzene rings is 2. The predicted octanol–water partition coefficient (Wildman–Crippen LogP) is 7.33. The van der Waals surface area contributed by atoms with E-state index in [4.69, 9.17) is 10.1 Å². The molecule has 7 heteroatoms. The molecule has 1 N–H and O–H groups in total. The van der Waals surface area contributed by atoms with Crippen LogP contribution in [0, 0.1) is 12.8 Å². The molecule has 2 amide bonds. The molecule has 1 fully saturated rings. The zero-order valence-electron chi connectivity index (χ0n) is 25.0. The number of pyridine rings is 1. The van der Waals surface area contributed by atoms with Gasteiger partial charge in [-0.1, -0.05) is 74.5 Å². The van der Waals surface area contributed by atoms with E-state index in [1.807, 2.05) is 48.9 Å². The van der Waals surface area contributed by atoms with Crippen LogP contribution in [0.3, 0.4) is 0 Å². The second kappa shape index (κ2) is 10.2. The summed E-state index contributed by atoms with van der Waals surface area (Å²) in [5, 5.41) is 8.18. The molecule has 7 rings (SSSR count). The Bertz CT molecular complexity index is 1790. The molecule has 0 spiro atoms. The second-order valence-electron chi connectivity index (χ2n) is 12.2. The van der Waals surface area contributed by atoms with E-state index in [1.165, 1.54) is 4.90 Å². The Kier molecular flexibility index (Phi) is 6.42. The maximum atomic E-state index is 13.6. The second-order valence-corrected chi connectivity index (χ2v) is 12.2. The summed E-state index contributed by atoms with van der Waals surface area (Å²) in [5.74, 6) is 1.93. The summed E-state index contributed by atoms with van der Waals surface area (Å²) in [6, 6.07) is 19.8. The van der Waals surface area contributed by atoms with Crippen LogP contribution in [-0.4, -0.2) is 31.5 Å². The number of hydrogen-bond donors (Lipinski definition) is 1. The third-order valence-corrected chi connectivity index (χ3v) is 9.08. The number of carbonyl (C=O) groups excluding carboxylic acids is 2. The number of rotatable bonds is 6. The van der Waals surface area contributed by atoms with E-state index in [2.05, 4.69) is 61.6 Å². The van der Waals surface area contributed by atoms with Gasteiger partial charge in [0.15, 0.2) is 5.82 Å². The molecular formula is C36H35N5O2. The van der Waals surface area contributed by atoms with E-state index in [9.17, 15) is 9.59 Å². The molecule has 4 heterocycles. The lowest BCUT2D eigenvalue weighted by molar-refractivity contribution is -0.00198. The van der Waals surface area contributed by atoms with Crippen molar-refractivity contribution >= 4 is 17.6 Å². The molecule has 1 aliphatic carbocycles. The van der Waals surface area contributed by atoms with Crippen LogP contribution in [0.25, 0.3) is 17.1 Å². The Morgan fingerprint density at radius 1 is 1.00 bits per heavy atom. The highest BCUT2D eigenvalue weighted by Gasteiger charge is 2.55. The maximum Gasteiger partial charge on any atom is 0.262 e. The van der Waals surface area contributed by atoms with Gasteiger partial charge in [0.1, 0.15) is 5.82 Å². The highest BCUT2D eigenvalue weighted by molar-refractivity contribution is 6.22. The Morgan fingerprint density at radius 3 is 2.35 bits per heavy atom. The smallest absolute Gasteiger partial charge is 0.262 e. The largest absolute Gasteiger partial charge is 0.366 e. The lowest BCUT2D eigenvalue weighted by atomic mass is 9.64. The topological polar surface area (TPSA) is 80.1 Å². The van der Waals surface area contributed by atoms with Gasteiger partial charge in [-0.05, 0) is 61.9 Å². The molecule has 1 unspecified atom stereocenters. The van der Waals surface area contributed by atoms with Gasteiger partial charge in [-0.3, -0.25) is 14.5 Å². The van der Waals surface area contributed by atoms with Crippen LogP contribution in [0.5, 0.6) is 0 Å². The number of aryl methyl sites for hydroxylation is 1. The molecule has 4 aromatic rings. The molecule has 2 aromatic carbocycles. The summed E-state index contributed by atoms with van der Waals surface area (Å²) >= 11 is 0. The molecule has 216 valence electrons. The molecule has 43 heavy (non-hydrogen) atoms. The van der Waals surface area contributed by atoms with Gasteiger partial charge in [-0.25, -0.2) is 4.98 Å². The van der Waals surface area contributed by atoms with Gasteiger partial charge in [0.25, 0.3) is 11.8 Å². The summed E-state index contributed by atoms with van der Waals surface area (Å²) in [6.07, 6.45) is 9.82. The van der Waals surface area contributed by atoms with Gasteiger partial charge in [0.05, 0.1) is 28.1 Å². The van der Waals surface area contributed by atoms with Gasteiger partial charge in [-0.15, -0.1) is 0 Å². The summed E-state index contributed by atoms with van der Waals surface area (Å²) in [4.78, 5) is 33.9. The van der Waals surface area contributed by atoms with Crippen LogP contribution in [0.1, 0.15) is 82.6 Å². The van der Waals surface area contributed by atoms with Gasteiger partial charge in [0, 0.05) is 29.7 Å². The number of fused-ring (bicyclic) bond motifs is 4. The molecule has 2 aromatic heterocycles. The fraction of sp³-hybridized carbons (Fsp3) is 0.278. The first kappa shape index (κ1) is 27.1. The van der Waals surface area contributed by atoms with E-state index in [1.54, 1.807) is 12.1 Å². The third kappa shape index (κ3) is 4.25. The fourth-order valence-corrected chi connectivity index (χ4v) is 7.03. The molecule has 3 aliphatic rings. The summed E-state index contributed by atoms with van der Waals surface area (Å²) < 4.78 is 1.89. The number of hydrogen-bond acceptors (Lipinski definition) is 5. The molecule has 0 bridgehead atoms. The van der Waals surface area contributed by atoms with Gasteiger partial charge < -0.3 is 5.32 Å². The molecule has 1 atom stereocenters. The minimum atomic E-state index is -0.646. The normalized spacial score (nSPS) is 21.5. The van der Waals surface area contributed by atoms with E-state index in [0.29, 0.717) is 23.6 Å². The number of imide groups is 1. The summed E-state index contributed by atoms with van der Waals surface area (Å²) in [7, 11) is 0. The van der Waals surface area contributed by atoms with Crippen molar-refractivity contribution in [3.63, 3.8) is 0 Å². The Morgan fingerprint density at radius 2 is 1.70 bits per heavy atom. The van der Waals surface area contributed by atoms with Gasteiger partial charge >= 0.3 is 0 Å². The number of amides is 2. The van der Waals surface area contributed by atoms with Crippen molar-refractivity contribution < 1.29 is 9.59 Å². The van der Waals surface area contributed by atoms with E-state index in [-0.39, 0.29) is 17.7 Å². The van der Waals surface area contributed by atoms with Crippen molar-refractivity contribution in [1.29, 1.82) is 0 Å². The number of anilines is 1. The average Bonchev–Trinajstić information content (AvgIpc) is 3.51. The van der Waals surface area contributed by atoms with Crippen molar-refractivity contribution in [2.24, 2.45) is 5.92 Å². The van der Waals surface area contributed by atoms with Crippen LogP contribution in [0.15, 0.2) is 85.0 Å². The van der Waals surface area contributed by atoms with Crippen LogP contribution in [-0.2, 0) is 12.1 Å². The third-order valence-electron chi connectivity index (χ3n) is 9.08. The predicted molar refractivity (Wildman–Crippen MR) is 168 cm³/mol. The summed E-state index contributed by atoms with van der Waals surface area (Å²) in [6.45, 7) is 9.05. The summed E-state index contributed by atoms with van der Waals surface area (Å²) in [5.41, 5.74) is 6.39. The van der Waals surface area contributed by atoms with Crippen LogP contribution < -0.4 is 5.32 Å². The quantitative estimate of drug-likeness (QED) is 0.194. The Hall–Kier alpha value is -4.78. The Labute approximate surface area is 252 Å². The number of nitrogens with zero attached hydrogens (tertiary/aromatic N) is 4. The first-order valence-corrected chi connectivity index (χ1v) is 15.0. The number of aromatic nitrogens is 3. The van der Waals surface area contributed by atoms with Crippen molar-refractivity contribution in [2.45, 2.75) is 58.5 Å². The van der Waals surface area contributed by atoms with Gasteiger partial charge in [-0.2, -0.15) is 9.78 Å².